The third kappa shape index (κ3) is 5.10. The molecule has 0 fully saturated rings. The molecule has 0 aliphatic carbocycles. The van der Waals surface area contributed by atoms with Crippen molar-refractivity contribution in [2.45, 2.75) is 0 Å². The molecule has 0 aromatic heterocycles. The minimum atomic E-state index is -2.77. The van der Waals surface area contributed by atoms with E-state index in [0.29, 0.717) is 0 Å². The van der Waals surface area contributed by atoms with E-state index in [4.69, 9.17) is 0 Å². The van der Waals surface area contributed by atoms with Gasteiger partial charge in [0.1, 0.15) is 0 Å². The van der Waals surface area contributed by atoms with Gasteiger partial charge in [0.2, 0.25) is 0 Å². The SMILES string of the molecule is FP(F)[Se]Cl. The van der Waals surface area contributed by atoms with Crippen LogP contribution in [-0.4, -0.2) is 13.6 Å². The summed E-state index contributed by atoms with van der Waals surface area (Å²) in [5, 5.41) is 0. The van der Waals surface area contributed by atoms with Crippen molar-refractivity contribution < 1.29 is 8.39 Å². The van der Waals surface area contributed by atoms with Crippen LogP contribution < -0.4 is 0 Å². The molecule has 0 unspecified atom stereocenters. The van der Waals surface area contributed by atoms with Gasteiger partial charge in [-0.2, -0.15) is 0 Å². The molecule has 0 radical (unpaired) electrons. The maximum atomic E-state index is 10.7. The zero-order valence-corrected chi connectivity index (χ0v) is 5.35. The molecule has 0 aliphatic heterocycles. The molecule has 0 nitrogen and oxygen atoms in total. The first-order chi connectivity index (χ1) is 2.27. The Kier molecular flexibility index (Phi) is 4.02. The predicted octanol–water partition coefficient (Wildman–Crippen LogP) is 2.01. The average Bonchev–Trinajstić information content (AvgIpc) is 1.38. The standard InChI is InChI=1S/ClF2PSe/c1-5-4(2)3. The summed E-state index contributed by atoms with van der Waals surface area (Å²) in [6.45, 7) is 0. The van der Waals surface area contributed by atoms with E-state index in [1.165, 1.54) is 0 Å². The van der Waals surface area contributed by atoms with Crippen LogP contribution in [0.15, 0.2) is 0 Å². The molecule has 32 valence electrons. The normalized spacial score (nSPS) is 9.60. The third-order valence-corrected chi connectivity index (χ3v) is 2.44. The molecule has 0 aromatic rings. The molecule has 0 aliphatic rings. The Morgan fingerprint density at radius 2 is 1.80 bits per heavy atom. The van der Waals surface area contributed by atoms with Gasteiger partial charge in [0.15, 0.2) is 0 Å². The van der Waals surface area contributed by atoms with E-state index in [0.717, 1.165) is 0 Å². The van der Waals surface area contributed by atoms with Crippen LogP contribution in [0.2, 0.25) is 0 Å². The number of halogens is 3. The molecular weight excluding hydrogens is 183 g/mol. The minimum absolute atomic E-state index is 0.921. The molecule has 0 atom stereocenters. The van der Waals surface area contributed by atoms with Crippen LogP contribution in [0, 0.1) is 0 Å². The van der Waals surface area contributed by atoms with E-state index in [1.54, 1.807) is 0 Å². The molecule has 0 spiro atoms. The summed E-state index contributed by atoms with van der Waals surface area (Å²) in [7, 11) is 1.91. The molecule has 0 rings (SSSR count). The second kappa shape index (κ2) is 3.30. The van der Waals surface area contributed by atoms with Crippen molar-refractivity contribution in [3.63, 3.8) is 0 Å². The molecule has 0 heterocycles. The summed E-state index contributed by atoms with van der Waals surface area (Å²) in [4.78, 5) is 0. The Labute approximate surface area is 39.9 Å². The summed E-state index contributed by atoms with van der Waals surface area (Å²) in [5.74, 6) is 0. The topological polar surface area (TPSA) is 0 Å². The van der Waals surface area contributed by atoms with Gasteiger partial charge in [-0.15, -0.1) is 0 Å². The third-order valence-electron chi connectivity index (χ3n) is 0.0522. The van der Waals surface area contributed by atoms with Crippen molar-refractivity contribution >= 4 is 30.9 Å². The van der Waals surface area contributed by atoms with Gasteiger partial charge < -0.3 is 0 Å². The maximum absolute atomic E-state index is 10.7. The van der Waals surface area contributed by atoms with E-state index in [2.05, 4.69) is 10.1 Å². The Bertz CT molecular complexity index is 23.6. The van der Waals surface area contributed by atoms with Crippen LogP contribution in [0.25, 0.3) is 0 Å². The summed E-state index contributed by atoms with van der Waals surface area (Å²) < 4.78 is 21.4. The summed E-state index contributed by atoms with van der Waals surface area (Å²) in [6.07, 6.45) is 0. The van der Waals surface area contributed by atoms with Crippen molar-refractivity contribution in [1.29, 1.82) is 0 Å². The van der Waals surface area contributed by atoms with Crippen molar-refractivity contribution in [3.8, 4) is 0 Å². The fraction of sp³-hybridized carbons (Fsp3) is 0. The zero-order chi connectivity index (χ0) is 4.28. The molecule has 5 heteroatoms. The van der Waals surface area contributed by atoms with E-state index < -0.39 is 20.8 Å². The van der Waals surface area contributed by atoms with Gasteiger partial charge in [0.25, 0.3) is 0 Å². The first-order valence-corrected chi connectivity index (χ1v) is 6.27. The van der Waals surface area contributed by atoms with Crippen LogP contribution in [-0.2, 0) is 0 Å². The molecule has 5 heavy (non-hydrogen) atoms. The zero-order valence-electron chi connectivity index (χ0n) is 1.99. The molecule has 0 saturated heterocycles. The molecule has 0 saturated carbocycles. The van der Waals surface area contributed by atoms with Gasteiger partial charge in [-0.05, 0) is 0 Å². The fourth-order valence-corrected chi connectivity index (χ4v) is 0. The molecule has 0 amide bonds. The van der Waals surface area contributed by atoms with E-state index in [-0.39, 0.29) is 0 Å². The fourth-order valence-electron chi connectivity index (χ4n) is 0. The first-order valence-electron chi connectivity index (χ1n) is 0.675. The Hall–Kier alpha value is 1.10. The predicted molar refractivity (Wildman–Crippen MR) is 20.7 cm³/mol. The van der Waals surface area contributed by atoms with Crippen molar-refractivity contribution in [1.82, 2.24) is 0 Å². The summed E-state index contributed by atoms with van der Waals surface area (Å²) in [6, 6.07) is 0. The molecule has 0 N–H and O–H groups in total. The van der Waals surface area contributed by atoms with Gasteiger partial charge in [0.05, 0.1) is 0 Å². The van der Waals surface area contributed by atoms with E-state index in [1.807, 2.05) is 0 Å². The van der Waals surface area contributed by atoms with Crippen molar-refractivity contribution in [2.75, 3.05) is 0 Å². The van der Waals surface area contributed by atoms with E-state index in [9.17, 15) is 8.39 Å². The van der Waals surface area contributed by atoms with Crippen LogP contribution in [0.4, 0.5) is 8.39 Å². The van der Waals surface area contributed by atoms with Crippen molar-refractivity contribution in [2.24, 2.45) is 0 Å². The number of hydrogen-bond donors (Lipinski definition) is 0. The number of hydrogen-bond acceptors (Lipinski definition) is 0. The van der Waals surface area contributed by atoms with Crippen LogP contribution in [0.5, 0.6) is 0 Å². The molecular formula is ClF2PSe. The first kappa shape index (κ1) is 6.10. The van der Waals surface area contributed by atoms with Crippen LogP contribution in [0.3, 0.4) is 0 Å². The molecule has 0 aromatic carbocycles. The van der Waals surface area contributed by atoms with Gasteiger partial charge in [-0.25, -0.2) is 0 Å². The molecule has 0 bridgehead atoms. The Morgan fingerprint density at radius 1 is 1.60 bits per heavy atom. The number of rotatable bonds is 1. The second-order valence-electron chi connectivity index (χ2n) is 0.271. The Morgan fingerprint density at radius 3 is 1.80 bits per heavy atom. The van der Waals surface area contributed by atoms with Crippen LogP contribution in [0.1, 0.15) is 0 Å². The van der Waals surface area contributed by atoms with Gasteiger partial charge in [-0.3, -0.25) is 0 Å². The van der Waals surface area contributed by atoms with E-state index >= 15 is 0 Å². The quantitative estimate of drug-likeness (QED) is 0.431. The van der Waals surface area contributed by atoms with Crippen molar-refractivity contribution in [3.05, 3.63) is 0 Å². The summed E-state index contributed by atoms with van der Waals surface area (Å²) >= 11 is -0.921. The van der Waals surface area contributed by atoms with Gasteiger partial charge in [0, 0.05) is 0 Å². The summed E-state index contributed by atoms with van der Waals surface area (Å²) in [5.41, 5.74) is 0. The average molecular weight is 183 g/mol. The van der Waals surface area contributed by atoms with Gasteiger partial charge in [-0.1, -0.05) is 0 Å². The van der Waals surface area contributed by atoms with Crippen LogP contribution >= 0.6 is 17.3 Å². The monoisotopic (exact) mass is 184 g/mol. The van der Waals surface area contributed by atoms with Gasteiger partial charge >= 0.3 is 39.3 Å². The second-order valence-corrected chi connectivity index (χ2v) is 5.57. The Balaban J connectivity index is 2.54.